The van der Waals surface area contributed by atoms with Crippen molar-refractivity contribution >= 4 is 11.9 Å². The molecule has 0 spiro atoms. The molecule has 0 atom stereocenters. The molecule has 1 aliphatic carbocycles. The Morgan fingerprint density at radius 2 is 1.10 bits per heavy atom. The summed E-state index contributed by atoms with van der Waals surface area (Å²) >= 11 is 0. The molecule has 4 nitrogen and oxygen atoms in total. The normalized spacial score (nSPS) is 26.3. The molecule has 0 amide bonds. The second-order valence-electron chi connectivity index (χ2n) is 4.78. The van der Waals surface area contributed by atoms with Crippen molar-refractivity contribution in [2.45, 2.75) is 39.5 Å². The summed E-state index contributed by atoms with van der Waals surface area (Å²) < 4.78 is 10.1. The molecule has 0 fully saturated rings. The number of ether oxygens (including phenoxy) is 2. The second-order valence-corrected chi connectivity index (χ2v) is 4.78. The summed E-state index contributed by atoms with van der Waals surface area (Å²) in [7, 11) is 0. The van der Waals surface area contributed by atoms with Gasteiger partial charge < -0.3 is 9.47 Å². The van der Waals surface area contributed by atoms with Gasteiger partial charge in [-0.1, -0.05) is 24.3 Å². The Balaban J connectivity index is 2.60. The molecule has 0 bridgehead atoms. The van der Waals surface area contributed by atoms with Crippen molar-refractivity contribution < 1.29 is 19.1 Å². The van der Waals surface area contributed by atoms with Gasteiger partial charge in [0, 0.05) is 0 Å². The minimum atomic E-state index is -0.149. The van der Waals surface area contributed by atoms with Gasteiger partial charge >= 0.3 is 11.9 Å². The van der Waals surface area contributed by atoms with Gasteiger partial charge in [0.05, 0.1) is 25.0 Å². The van der Waals surface area contributed by atoms with Crippen LogP contribution in [-0.2, 0) is 19.1 Å². The molecule has 0 N–H and O–H groups in total. The molecule has 0 saturated heterocycles. The first-order valence-electron chi connectivity index (χ1n) is 7.32. The van der Waals surface area contributed by atoms with E-state index in [1.165, 1.54) is 0 Å². The van der Waals surface area contributed by atoms with Crippen LogP contribution in [0.2, 0.25) is 0 Å². The predicted molar refractivity (Wildman–Crippen MR) is 77.0 cm³/mol. The van der Waals surface area contributed by atoms with Crippen molar-refractivity contribution in [2.75, 3.05) is 13.2 Å². The van der Waals surface area contributed by atoms with Crippen LogP contribution >= 0.6 is 0 Å². The predicted octanol–water partition coefficient (Wildman–Crippen LogP) is 3.03. The first-order chi connectivity index (χ1) is 9.69. The molecule has 0 aromatic heterocycles. The van der Waals surface area contributed by atoms with Crippen molar-refractivity contribution in [3.8, 4) is 0 Å². The fraction of sp³-hybridized carbons (Fsp3) is 0.625. The van der Waals surface area contributed by atoms with Gasteiger partial charge in [-0.3, -0.25) is 9.59 Å². The zero-order valence-corrected chi connectivity index (χ0v) is 12.3. The summed E-state index contributed by atoms with van der Waals surface area (Å²) in [6, 6.07) is 0. The molecule has 1 aliphatic rings. The summed E-state index contributed by atoms with van der Waals surface area (Å²) in [4.78, 5) is 23.5. The highest BCUT2D eigenvalue weighted by atomic mass is 16.5. The summed E-state index contributed by atoms with van der Waals surface area (Å²) in [5, 5.41) is 0. The number of carbonyl (C=O) groups is 2. The van der Waals surface area contributed by atoms with E-state index in [1.54, 1.807) is 0 Å². The summed E-state index contributed by atoms with van der Waals surface area (Å²) in [5.74, 6) is -0.545. The Labute approximate surface area is 120 Å². The van der Waals surface area contributed by atoms with Crippen molar-refractivity contribution in [1.29, 1.82) is 0 Å². The molecule has 20 heavy (non-hydrogen) atoms. The fourth-order valence-electron chi connectivity index (χ4n) is 2.14. The molecule has 4 heteroatoms. The van der Waals surface area contributed by atoms with Crippen LogP contribution in [0.3, 0.4) is 0 Å². The number of hydrogen-bond acceptors (Lipinski definition) is 4. The third-order valence-electron chi connectivity index (χ3n) is 3.26. The standard InChI is InChI=1S/C16H24O4/c1-3-19-15(17)13-9-5-7-11-14(12-8-6-10-13)16(18)20-4-2/h5-8,13-14H,3-4,9-12H2,1-2H3/b7-5-,8-6-. The molecule has 0 saturated carbocycles. The molecular formula is C16H24O4. The van der Waals surface area contributed by atoms with Crippen LogP contribution in [0.5, 0.6) is 0 Å². The topological polar surface area (TPSA) is 52.6 Å². The SMILES string of the molecule is CCOC(=O)C1C/C=C\CC(C(=O)OCC)C/C=C\C1. The lowest BCUT2D eigenvalue weighted by atomic mass is 9.95. The largest absolute Gasteiger partial charge is 0.466 e. The summed E-state index contributed by atoms with van der Waals surface area (Å²) in [6.07, 6.45) is 10.5. The number of allylic oxidation sites excluding steroid dienone is 4. The van der Waals surface area contributed by atoms with Crippen molar-refractivity contribution in [2.24, 2.45) is 11.8 Å². The minimum Gasteiger partial charge on any atom is -0.466 e. The first kappa shape index (κ1) is 16.5. The van der Waals surface area contributed by atoms with Gasteiger partial charge in [-0.25, -0.2) is 0 Å². The first-order valence-corrected chi connectivity index (χ1v) is 7.32. The average molecular weight is 280 g/mol. The number of rotatable bonds is 4. The van der Waals surface area contributed by atoms with Crippen LogP contribution in [0.25, 0.3) is 0 Å². The van der Waals surface area contributed by atoms with Gasteiger partial charge in [-0.2, -0.15) is 0 Å². The van der Waals surface area contributed by atoms with Crippen LogP contribution in [0.1, 0.15) is 39.5 Å². The number of hydrogen-bond donors (Lipinski definition) is 0. The van der Waals surface area contributed by atoms with Gasteiger partial charge in [-0.15, -0.1) is 0 Å². The molecule has 0 unspecified atom stereocenters. The lowest BCUT2D eigenvalue weighted by Crippen LogP contribution is -2.18. The highest BCUT2D eigenvalue weighted by Gasteiger charge is 2.20. The van der Waals surface area contributed by atoms with Gasteiger partial charge in [-0.05, 0) is 39.5 Å². The van der Waals surface area contributed by atoms with Crippen molar-refractivity contribution in [3.05, 3.63) is 24.3 Å². The van der Waals surface area contributed by atoms with Crippen LogP contribution in [0.4, 0.5) is 0 Å². The van der Waals surface area contributed by atoms with Crippen molar-refractivity contribution in [3.63, 3.8) is 0 Å². The average Bonchev–Trinajstić information content (AvgIpc) is 2.44. The maximum Gasteiger partial charge on any atom is 0.309 e. The minimum absolute atomic E-state index is 0.124. The highest BCUT2D eigenvalue weighted by molar-refractivity contribution is 5.73. The molecule has 112 valence electrons. The van der Waals surface area contributed by atoms with E-state index in [0.717, 1.165) is 0 Å². The molecular weight excluding hydrogens is 256 g/mol. The molecule has 0 aromatic carbocycles. The van der Waals surface area contributed by atoms with E-state index in [4.69, 9.17) is 9.47 Å². The van der Waals surface area contributed by atoms with Gasteiger partial charge in [0.15, 0.2) is 0 Å². The van der Waals surface area contributed by atoms with E-state index in [2.05, 4.69) is 0 Å². The summed E-state index contributed by atoms with van der Waals surface area (Å²) in [5.41, 5.74) is 0. The van der Waals surface area contributed by atoms with E-state index in [-0.39, 0.29) is 23.8 Å². The lowest BCUT2D eigenvalue weighted by Gasteiger charge is -2.15. The quantitative estimate of drug-likeness (QED) is 0.586. The molecule has 0 radical (unpaired) electrons. The summed E-state index contributed by atoms with van der Waals surface area (Å²) in [6.45, 7) is 4.45. The van der Waals surface area contributed by atoms with Gasteiger partial charge in [0.1, 0.15) is 0 Å². The van der Waals surface area contributed by atoms with E-state index < -0.39 is 0 Å². The van der Waals surface area contributed by atoms with Crippen LogP contribution in [0.15, 0.2) is 24.3 Å². The van der Waals surface area contributed by atoms with Gasteiger partial charge in [0.2, 0.25) is 0 Å². The Hall–Kier alpha value is -1.58. The monoisotopic (exact) mass is 280 g/mol. The van der Waals surface area contributed by atoms with E-state index >= 15 is 0 Å². The molecule has 0 aliphatic heterocycles. The maximum absolute atomic E-state index is 11.8. The molecule has 1 rings (SSSR count). The third kappa shape index (κ3) is 5.59. The molecule has 0 heterocycles. The van der Waals surface area contributed by atoms with E-state index in [1.807, 2.05) is 38.2 Å². The number of carbonyl (C=O) groups excluding carboxylic acids is 2. The number of esters is 2. The smallest absolute Gasteiger partial charge is 0.309 e. The van der Waals surface area contributed by atoms with E-state index in [9.17, 15) is 9.59 Å². The molecule has 0 aromatic rings. The fourth-order valence-corrected chi connectivity index (χ4v) is 2.14. The van der Waals surface area contributed by atoms with Crippen LogP contribution in [0, 0.1) is 11.8 Å². The zero-order valence-electron chi connectivity index (χ0n) is 12.3. The van der Waals surface area contributed by atoms with Crippen molar-refractivity contribution in [1.82, 2.24) is 0 Å². The Morgan fingerprint density at radius 1 is 0.800 bits per heavy atom. The maximum atomic E-state index is 11.8. The highest BCUT2D eigenvalue weighted by Crippen LogP contribution is 2.19. The lowest BCUT2D eigenvalue weighted by molar-refractivity contribution is -0.148. The Kier molecular flexibility index (Phi) is 7.70. The Morgan fingerprint density at radius 3 is 1.35 bits per heavy atom. The second kappa shape index (κ2) is 9.34. The van der Waals surface area contributed by atoms with Crippen LogP contribution in [-0.4, -0.2) is 25.2 Å². The third-order valence-corrected chi connectivity index (χ3v) is 3.26. The van der Waals surface area contributed by atoms with Crippen LogP contribution < -0.4 is 0 Å². The zero-order chi connectivity index (χ0) is 14.8. The van der Waals surface area contributed by atoms with Gasteiger partial charge in [0.25, 0.3) is 0 Å². The Bertz CT molecular complexity index is 319. The van der Waals surface area contributed by atoms with E-state index in [0.29, 0.717) is 38.9 Å².